The smallest absolute Gasteiger partial charge is 0.394 e. The van der Waals surface area contributed by atoms with Crippen molar-refractivity contribution in [1.82, 2.24) is 10.1 Å². The monoisotopic (exact) mass is 316 g/mol. The van der Waals surface area contributed by atoms with Crippen molar-refractivity contribution in [2.45, 2.75) is 17.1 Å². The summed E-state index contributed by atoms with van der Waals surface area (Å²) in [5.41, 5.74) is 0. The number of aromatic nitrogens is 2. The Labute approximate surface area is 119 Å². The molecule has 20 heavy (non-hydrogen) atoms. The van der Waals surface area contributed by atoms with Crippen molar-refractivity contribution in [1.29, 1.82) is 0 Å². The normalized spacial score (nSPS) is 13.1. The molecular weight excluding hydrogens is 308 g/mol. The van der Waals surface area contributed by atoms with Crippen LogP contribution in [0.3, 0.4) is 0 Å². The molecule has 1 heterocycles. The van der Waals surface area contributed by atoms with E-state index in [1.165, 1.54) is 25.1 Å². The number of benzene rings is 1. The molecule has 7 nitrogen and oxygen atoms in total. The number of carbonyl (C=O) groups is 1. The van der Waals surface area contributed by atoms with Gasteiger partial charge < -0.3 is 9.63 Å². The first-order valence-corrected chi connectivity index (χ1v) is 7.32. The van der Waals surface area contributed by atoms with E-state index in [9.17, 15) is 13.2 Å². The SMILES string of the molecule is CC(c1noc(C(=O)O)n1)S(=O)(=O)c1ccccc1Cl. The molecule has 1 atom stereocenters. The van der Waals surface area contributed by atoms with Crippen LogP contribution in [-0.2, 0) is 9.84 Å². The van der Waals surface area contributed by atoms with E-state index < -0.39 is 26.9 Å². The van der Waals surface area contributed by atoms with Gasteiger partial charge in [-0.1, -0.05) is 28.9 Å². The zero-order valence-electron chi connectivity index (χ0n) is 10.1. The Bertz CT molecular complexity index is 756. The predicted octanol–water partition coefficient (Wildman–Crippen LogP) is 1.96. The third kappa shape index (κ3) is 2.52. The molecule has 0 aliphatic rings. The lowest BCUT2D eigenvalue weighted by atomic mass is 10.4. The molecular formula is C11H9ClN2O5S. The number of hydrogen-bond donors (Lipinski definition) is 1. The highest BCUT2D eigenvalue weighted by Crippen LogP contribution is 2.31. The second-order valence-corrected chi connectivity index (χ2v) is 6.52. The van der Waals surface area contributed by atoms with Crippen molar-refractivity contribution < 1.29 is 22.8 Å². The van der Waals surface area contributed by atoms with Gasteiger partial charge in [0, 0.05) is 0 Å². The minimum atomic E-state index is -3.84. The fourth-order valence-corrected chi connectivity index (χ4v) is 3.31. The van der Waals surface area contributed by atoms with Gasteiger partial charge >= 0.3 is 11.9 Å². The molecule has 1 unspecified atom stereocenters. The Morgan fingerprint density at radius 3 is 2.60 bits per heavy atom. The molecule has 0 amide bonds. The van der Waals surface area contributed by atoms with E-state index in [2.05, 4.69) is 14.7 Å². The number of nitrogens with zero attached hydrogens (tertiary/aromatic N) is 2. The van der Waals surface area contributed by atoms with Crippen molar-refractivity contribution in [3.63, 3.8) is 0 Å². The lowest BCUT2D eigenvalue weighted by molar-refractivity contribution is 0.0643. The second-order valence-electron chi connectivity index (χ2n) is 3.88. The molecule has 0 bridgehead atoms. The van der Waals surface area contributed by atoms with Crippen LogP contribution >= 0.6 is 11.6 Å². The first-order chi connectivity index (χ1) is 9.34. The Kier molecular flexibility index (Phi) is 3.78. The third-order valence-corrected chi connectivity index (χ3v) is 5.15. The summed E-state index contributed by atoms with van der Waals surface area (Å²) in [4.78, 5) is 14.1. The lowest BCUT2D eigenvalue weighted by Crippen LogP contribution is -2.13. The van der Waals surface area contributed by atoms with Gasteiger partial charge in [0.15, 0.2) is 15.7 Å². The van der Waals surface area contributed by atoms with E-state index in [1.807, 2.05) is 0 Å². The van der Waals surface area contributed by atoms with E-state index in [4.69, 9.17) is 16.7 Å². The quantitative estimate of drug-likeness (QED) is 0.917. The Morgan fingerprint density at radius 2 is 2.05 bits per heavy atom. The van der Waals surface area contributed by atoms with Crippen LogP contribution in [-0.4, -0.2) is 29.6 Å². The van der Waals surface area contributed by atoms with E-state index in [-0.39, 0.29) is 15.7 Å². The van der Waals surface area contributed by atoms with Gasteiger partial charge in [-0.15, -0.1) is 0 Å². The number of aromatic carboxylic acids is 1. The largest absolute Gasteiger partial charge is 0.474 e. The van der Waals surface area contributed by atoms with Crippen molar-refractivity contribution in [2.24, 2.45) is 0 Å². The van der Waals surface area contributed by atoms with Gasteiger partial charge in [-0.2, -0.15) is 4.98 Å². The summed E-state index contributed by atoms with van der Waals surface area (Å²) >= 11 is 5.86. The minimum Gasteiger partial charge on any atom is -0.474 e. The summed E-state index contributed by atoms with van der Waals surface area (Å²) in [6.07, 6.45) is 0. The summed E-state index contributed by atoms with van der Waals surface area (Å²) in [6, 6.07) is 5.93. The summed E-state index contributed by atoms with van der Waals surface area (Å²) in [5.74, 6) is -2.32. The van der Waals surface area contributed by atoms with Gasteiger partial charge in [-0.3, -0.25) is 0 Å². The maximum Gasteiger partial charge on any atom is 0.394 e. The van der Waals surface area contributed by atoms with Crippen LogP contribution in [0.2, 0.25) is 5.02 Å². The molecule has 0 radical (unpaired) electrons. The van der Waals surface area contributed by atoms with Gasteiger partial charge in [0.2, 0.25) is 0 Å². The zero-order chi connectivity index (χ0) is 14.9. The zero-order valence-corrected chi connectivity index (χ0v) is 11.7. The first kappa shape index (κ1) is 14.5. The van der Waals surface area contributed by atoms with Crippen LogP contribution < -0.4 is 0 Å². The summed E-state index contributed by atoms with van der Waals surface area (Å²) in [5, 5.41) is 10.9. The van der Waals surface area contributed by atoms with E-state index in [1.54, 1.807) is 6.07 Å². The van der Waals surface area contributed by atoms with Gasteiger partial charge in [-0.05, 0) is 19.1 Å². The Hall–Kier alpha value is -1.93. The van der Waals surface area contributed by atoms with Crippen molar-refractivity contribution in [3.8, 4) is 0 Å². The maximum absolute atomic E-state index is 12.4. The fourth-order valence-electron chi connectivity index (χ4n) is 1.49. The molecule has 9 heteroatoms. The molecule has 2 aromatic rings. The van der Waals surface area contributed by atoms with Gasteiger partial charge in [0.25, 0.3) is 0 Å². The van der Waals surface area contributed by atoms with Gasteiger partial charge in [0.1, 0.15) is 5.25 Å². The summed E-state index contributed by atoms with van der Waals surface area (Å²) in [6.45, 7) is 1.33. The number of rotatable bonds is 4. The Balaban J connectivity index is 2.43. The van der Waals surface area contributed by atoms with Crippen molar-refractivity contribution >= 4 is 27.4 Å². The molecule has 106 valence electrons. The average Bonchev–Trinajstić information content (AvgIpc) is 2.87. The molecule has 2 rings (SSSR count). The molecule has 1 N–H and O–H groups in total. The summed E-state index contributed by atoms with van der Waals surface area (Å²) in [7, 11) is -3.84. The van der Waals surface area contributed by atoms with Crippen molar-refractivity contribution in [2.75, 3.05) is 0 Å². The van der Waals surface area contributed by atoms with E-state index in [0.717, 1.165) is 0 Å². The van der Waals surface area contributed by atoms with Crippen LogP contribution in [0.25, 0.3) is 0 Å². The topological polar surface area (TPSA) is 110 Å². The highest BCUT2D eigenvalue weighted by atomic mass is 35.5. The van der Waals surface area contributed by atoms with Gasteiger partial charge in [0.05, 0.1) is 9.92 Å². The molecule has 1 aromatic carbocycles. The van der Waals surface area contributed by atoms with Crippen LogP contribution in [0.15, 0.2) is 33.7 Å². The number of hydrogen-bond acceptors (Lipinski definition) is 6. The second kappa shape index (κ2) is 5.22. The predicted molar refractivity (Wildman–Crippen MR) is 68.3 cm³/mol. The number of carboxylic acid groups (broad SMARTS) is 1. The summed E-state index contributed by atoms with van der Waals surface area (Å²) < 4.78 is 29.2. The third-order valence-electron chi connectivity index (χ3n) is 2.60. The molecule has 0 saturated heterocycles. The molecule has 1 aromatic heterocycles. The van der Waals surface area contributed by atoms with E-state index >= 15 is 0 Å². The maximum atomic E-state index is 12.4. The highest BCUT2D eigenvalue weighted by Gasteiger charge is 2.31. The van der Waals surface area contributed by atoms with Crippen molar-refractivity contribution in [3.05, 3.63) is 41.0 Å². The number of carboxylic acids is 1. The van der Waals surface area contributed by atoms with Crippen LogP contribution in [0.4, 0.5) is 0 Å². The Morgan fingerprint density at radius 1 is 1.40 bits per heavy atom. The first-order valence-electron chi connectivity index (χ1n) is 5.39. The molecule has 0 saturated carbocycles. The molecule has 0 spiro atoms. The fraction of sp³-hybridized carbons (Fsp3) is 0.182. The standard InChI is InChI=1S/C11H9ClN2O5S/c1-6(9-13-10(11(15)16)19-14-9)20(17,18)8-5-3-2-4-7(8)12/h2-6H,1H3,(H,15,16). The molecule has 0 aliphatic carbocycles. The number of sulfone groups is 1. The minimum absolute atomic E-state index is 0.0707. The van der Waals surface area contributed by atoms with Crippen LogP contribution in [0.1, 0.15) is 28.7 Å². The van der Waals surface area contributed by atoms with Gasteiger partial charge in [-0.25, -0.2) is 13.2 Å². The molecule has 0 fully saturated rings. The highest BCUT2D eigenvalue weighted by molar-refractivity contribution is 7.91. The van der Waals surface area contributed by atoms with E-state index in [0.29, 0.717) is 0 Å². The lowest BCUT2D eigenvalue weighted by Gasteiger charge is -2.10. The average molecular weight is 317 g/mol. The molecule has 0 aliphatic heterocycles. The number of halogens is 1. The van der Waals surface area contributed by atoms with Crippen LogP contribution in [0, 0.1) is 0 Å². The van der Waals surface area contributed by atoms with Crippen LogP contribution in [0.5, 0.6) is 0 Å².